The van der Waals surface area contributed by atoms with E-state index in [1.54, 1.807) is 4.90 Å². The maximum absolute atomic E-state index is 12.6. The van der Waals surface area contributed by atoms with Crippen LogP contribution in [-0.4, -0.2) is 28.6 Å². The van der Waals surface area contributed by atoms with Gasteiger partial charge in [0.1, 0.15) is 0 Å². The van der Waals surface area contributed by atoms with Crippen molar-refractivity contribution in [2.24, 2.45) is 0 Å². The van der Waals surface area contributed by atoms with Crippen LogP contribution in [-0.2, 0) is 11.3 Å². The summed E-state index contributed by atoms with van der Waals surface area (Å²) >= 11 is 0. The molecule has 0 radical (unpaired) electrons. The Kier molecular flexibility index (Phi) is 6.37. The summed E-state index contributed by atoms with van der Waals surface area (Å²) in [6, 6.07) is 19.1. The fourth-order valence-corrected chi connectivity index (χ4v) is 2.45. The van der Waals surface area contributed by atoms with Gasteiger partial charge in [-0.3, -0.25) is 4.79 Å². The second-order valence-electron chi connectivity index (χ2n) is 5.58. The number of carbonyl (C=O) groups is 2. The van der Waals surface area contributed by atoms with Crippen molar-refractivity contribution in [1.29, 1.82) is 0 Å². The zero-order chi connectivity index (χ0) is 17.4. The Morgan fingerprint density at radius 2 is 1.62 bits per heavy atom. The van der Waals surface area contributed by atoms with Gasteiger partial charge in [0.2, 0.25) is 0 Å². The first-order valence-corrected chi connectivity index (χ1v) is 7.93. The first-order chi connectivity index (χ1) is 11.6. The molecule has 2 N–H and O–H groups in total. The molecule has 0 saturated heterocycles. The topological polar surface area (TPSA) is 69.6 Å². The molecule has 0 aliphatic heterocycles. The normalized spacial score (nSPS) is 11.5. The molecule has 0 aromatic heterocycles. The molecule has 2 aromatic carbocycles. The monoisotopic (exact) mass is 326 g/mol. The maximum Gasteiger partial charge on any atom is 0.318 e. The molecule has 0 heterocycles. The summed E-state index contributed by atoms with van der Waals surface area (Å²) in [7, 11) is 0. The van der Waals surface area contributed by atoms with Gasteiger partial charge >= 0.3 is 12.0 Å². The molecule has 1 unspecified atom stereocenters. The fraction of sp³-hybridized carbons (Fsp3) is 0.263. The molecular weight excluding hydrogens is 304 g/mol. The molecule has 0 bridgehead atoms. The summed E-state index contributed by atoms with van der Waals surface area (Å²) in [6.45, 7) is 2.53. The molecular formula is C19H22N2O3. The van der Waals surface area contributed by atoms with Crippen molar-refractivity contribution in [3.05, 3.63) is 71.8 Å². The first-order valence-electron chi connectivity index (χ1n) is 7.93. The number of carboxylic acids is 1. The molecule has 126 valence electrons. The second-order valence-corrected chi connectivity index (χ2v) is 5.58. The average Bonchev–Trinajstić information content (AvgIpc) is 2.60. The predicted molar refractivity (Wildman–Crippen MR) is 92.5 cm³/mol. The highest BCUT2D eigenvalue weighted by Gasteiger charge is 2.21. The number of rotatable bonds is 7. The van der Waals surface area contributed by atoms with Crippen LogP contribution in [0.1, 0.15) is 30.5 Å². The average molecular weight is 326 g/mol. The second kappa shape index (κ2) is 8.72. The smallest absolute Gasteiger partial charge is 0.318 e. The van der Waals surface area contributed by atoms with E-state index < -0.39 is 5.97 Å². The number of benzene rings is 2. The summed E-state index contributed by atoms with van der Waals surface area (Å²) in [4.78, 5) is 24.9. The first kappa shape index (κ1) is 17.5. The van der Waals surface area contributed by atoms with Crippen LogP contribution in [0.2, 0.25) is 0 Å². The van der Waals surface area contributed by atoms with E-state index in [0.717, 1.165) is 11.1 Å². The lowest BCUT2D eigenvalue weighted by molar-refractivity contribution is -0.136. The van der Waals surface area contributed by atoms with Crippen LogP contribution < -0.4 is 5.32 Å². The number of urea groups is 1. The Morgan fingerprint density at radius 1 is 1.04 bits per heavy atom. The van der Waals surface area contributed by atoms with Crippen molar-refractivity contribution in [3.63, 3.8) is 0 Å². The summed E-state index contributed by atoms with van der Waals surface area (Å²) < 4.78 is 0. The van der Waals surface area contributed by atoms with Crippen LogP contribution in [0, 0.1) is 0 Å². The van der Waals surface area contributed by atoms with E-state index in [2.05, 4.69) is 5.32 Å². The highest BCUT2D eigenvalue weighted by atomic mass is 16.4. The fourth-order valence-electron chi connectivity index (χ4n) is 2.45. The van der Waals surface area contributed by atoms with Crippen LogP contribution in [0.5, 0.6) is 0 Å². The third-order valence-corrected chi connectivity index (χ3v) is 3.82. The Bertz CT molecular complexity index is 659. The van der Waals surface area contributed by atoms with E-state index in [1.807, 2.05) is 67.6 Å². The lowest BCUT2D eigenvalue weighted by Crippen LogP contribution is -2.41. The number of carbonyl (C=O) groups excluding carboxylic acids is 1. The highest BCUT2D eigenvalue weighted by Crippen LogP contribution is 2.22. The van der Waals surface area contributed by atoms with Gasteiger partial charge in [-0.05, 0) is 18.1 Å². The number of amides is 2. The molecule has 0 spiro atoms. The van der Waals surface area contributed by atoms with Crippen molar-refractivity contribution >= 4 is 12.0 Å². The number of hydrogen-bond donors (Lipinski definition) is 2. The van der Waals surface area contributed by atoms with Crippen LogP contribution >= 0.6 is 0 Å². The van der Waals surface area contributed by atoms with Gasteiger partial charge < -0.3 is 15.3 Å². The third-order valence-electron chi connectivity index (χ3n) is 3.82. The highest BCUT2D eigenvalue weighted by molar-refractivity contribution is 5.75. The SMILES string of the molecule is CC(c1ccccc1)N(Cc1ccccc1)C(=O)NCCC(=O)O. The minimum Gasteiger partial charge on any atom is -0.481 e. The molecule has 2 amide bonds. The zero-order valence-corrected chi connectivity index (χ0v) is 13.7. The lowest BCUT2D eigenvalue weighted by Gasteiger charge is -2.30. The summed E-state index contributed by atoms with van der Waals surface area (Å²) in [6.07, 6.45) is -0.0926. The Labute approximate surface area is 141 Å². The van der Waals surface area contributed by atoms with Gasteiger partial charge in [-0.15, -0.1) is 0 Å². The van der Waals surface area contributed by atoms with E-state index in [-0.39, 0.29) is 25.0 Å². The molecule has 2 aromatic rings. The number of aliphatic carboxylic acids is 1. The molecule has 1 atom stereocenters. The molecule has 0 fully saturated rings. The van der Waals surface area contributed by atoms with Gasteiger partial charge in [-0.25, -0.2) is 4.79 Å². The van der Waals surface area contributed by atoms with E-state index in [9.17, 15) is 9.59 Å². The molecule has 0 saturated carbocycles. The lowest BCUT2D eigenvalue weighted by atomic mass is 10.1. The number of nitrogens with one attached hydrogen (secondary N) is 1. The number of carboxylic acid groups (broad SMARTS) is 1. The van der Waals surface area contributed by atoms with Crippen molar-refractivity contribution in [3.8, 4) is 0 Å². The van der Waals surface area contributed by atoms with E-state index in [4.69, 9.17) is 5.11 Å². The minimum absolute atomic E-state index is 0.0926. The molecule has 0 aliphatic rings. The molecule has 5 heteroatoms. The van der Waals surface area contributed by atoms with Crippen LogP contribution in [0.15, 0.2) is 60.7 Å². The van der Waals surface area contributed by atoms with Crippen molar-refractivity contribution < 1.29 is 14.7 Å². The molecule has 2 rings (SSSR count). The van der Waals surface area contributed by atoms with Crippen molar-refractivity contribution in [2.45, 2.75) is 25.9 Å². The van der Waals surface area contributed by atoms with Crippen molar-refractivity contribution in [1.82, 2.24) is 10.2 Å². The van der Waals surface area contributed by atoms with Gasteiger partial charge in [0, 0.05) is 13.1 Å². The molecule has 24 heavy (non-hydrogen) atoms. The number of nitrogens with zero attached hydrogens (tertiary/aromatic N) is 1. The van der Waals surface area contributed by atoms with Crippen LogP contribution in [0.25, 0.3) is 0 Å². The largest absolute Gasteiger partial charge is 0.481 e. The summed E-state index contributed by atoms with van der Waals surface area (Å²) in [5.41, 5.74) is 2.05. The van der Waals surface area contributed by atoms with E-state index in [0.29, 0.717) is 6.54 Å². The van der Waals surface area contributed by atoms with Gasteiger partial charge in [0.15, 0.2) is 0 Å². The van der Waals surface area contributed by atoms with Crippen molar-refractivity contribution in [2.75, 3.05) is 6.54 Å². The number of hydrogen-bond acceptors (Lipinski definition) is 2. The minimum atomic E-state index is -0.930. The maximum atomic E-state index is 12.6. The zero-order valence-electron chi connectivity index (χ0n) is 13.7. The van der Waals surface area contributed by atoms with Gasteiger partial charge in [-0.2, -0.15) is 0 Å². The Morgan fingerprint density at radius 3 is 2.21 bits per heavy atom. The summed E-state index contributed by atoms with van der Waals surface area (Å²) in [5, 5.41) is 11.4. The molecule has 5 nitrogen and oxygen atoms in total. The van der Waals surface area contributed by atoms with Gasteiger partial charge in [0.05, 0.1) is 12.5 Å². The quantitative estimate of drug-likeness (QED) is 0.819. The molecule has 0 aliphatic carbocycles. The van der Waals surface area contributed by atoms with E-state index in [1.165, 1.54) is 0 Å². The van der Waals surface area contributed by atoms with Crippen LogP contribution in [0.4, 0.5) is 4.79 Å². The summed E-state index contributed by atoms with van der Waals surface area (Å²) in [5.74, 6) is -0.930. The standard InChI is InChI=1S/C19H22N2O3/c1-15(17-10-6-3-7-11-17)21(14-16-8-4-2-5-9-16)19(24)20-13-12-18(22)23/h2-11,15H,12-14H2,1H3,(H,20,24)(H,22,23). The van der Waals surface area contributed by atoms with Crippen LogP contribution in [0.3, 0.4) is 0 Å². The third kappa shape index (κ3) is 5.12. The van der Waals surface area contributed by atoms with E-state index >= 15 is 0 Å². The Balaban J connectivity index is 2.14. The van der Waals surface area contributed by atoms with Gasteiger partial charge in [-0.1, -0.05) is 60.7 Å². The predicted octanol–water partition coefficient (Wildman–Crippen LogP) is 3.43. The van der Waals surface area contributed by atoms with Gasteiger partial charge in [0.25, 0.3) is 0 Å². The Hall–Kier alpha value is -2.82.